The lowest BCUT2D eigenvalue weighted by molar-refractivity contribution is -0.138. The van der Waals surface area contributed by atoms with Gasteiger partial charge in [-0.2, -0.15) is 0 Å². The van der Waals surface area contributed by atoms with Crippen LogP contribution in [0, 0.1) is 11.7 Å². The third kappa shape index (κ3) is 6.56. The molecule has 1 aromatic rings. The standard InChI is InChI=1S/C14H18FNO3S/c1-10(8-14(18)19)9-16-13(17)6-7-20-12-5-3-2-4-11(12)15/h2-5,10H,6-9H2,1H3,(H,16,17)(H,18,19). The third-order valence-corrected chi connectivity index (χ3v) is 3.64. The van der Waals surface area contributed by atoms with Crippen LogP contribution in [0.1, 0.15) is 19.8 Å². The molecule has 110 valence electrons. The van der Waals surface area contributed by atoms with Crippen molar-refractivity contribution in [2.45, 2.75) is 24.7 Å². The Morgan fingerprint density at radius 1 is 1.40 bits per heavy atom. The van der Waals surface area contributed by atoms with Gasteiger partial charge in [-0.25, -0.2) is 4.39 Å². The summed E-state index contributed by atoms with van der Waals surface area (Å²) in [4.78, 5) is 22.5. The number of amides is 1. The van der Waals surface area contributed by atoms with Crippen molar-refractivity contribution < 1.29 is 19.1 Å². The van der Waals surface area contributed by atoms with Crippen molar-refractivity contribution in [2.75, 3.05) is 12.3 Å². The normalized spacial score (nSPS) is 11.9. The molecule has 0 aliphatic rings. The molecule has 1 atom stereocenters. The maximum absolute atomic E-state index is 13.3. The van der Waals surface area contributed by atoms with Crippen molar-refractivity contribution in [2.24, 2.45) is 5.92 Å². The zero-order valence-corrected chi connectivity index (χ0v) is 12.1. The van der Waals surface area contributed by atoms with Crippen LogP contribution >= 0.6 is 11.8 Å². The van der Waals surface area contributed by atoms with Gasteiger partial charge in [0, 0.05) is 30.0 Å². The average molecular weight is 299 g/mol. The number of halogens is 1. The minimum Gasteiger partial charge on any atom is -0.481 e. The molecule has 0 spiro atoms. The van der Waals surface area contributed by atoms with Crippen molar-refractivity contribution in [1.29, 1.82) is 0 Å². The van der Waals surface area contributed by atoms with E-state index in [9.17, 15) is 14.0 Å². The molecule has 0 bridgehead atoms. The molecule has 1 aromatic carbocycles. The molecule has 1 rings (SSSR count). The maximum atomic E-state index is 13.3. The second-order valence-electron chi connectivity index (χ2n) is 4.54. The molecule has 6 heteroatoms. The van der Waals surface area contributed by atoms with E-state index in [-0.39, 0.29) is 30.5 Å². The van der Waals surface area contributed by atoms with Crippen LogP contribution in [0.25, 0.3) is 0 Å². The summed E-state index contributed by atoms with van der Waals surface area (Å²) >= 11 is 1.29. The van der Waals surface area contributed by atoms with Crippen LogP contribution in [-0.4, -0.2) is 29.3 Å². The summed E-state index contributed by atoms with van der Waals surface area (Å²) in [6.45, 7) is 2.11. The molecule has 0 saturated heterocycles. The van der Waals surface area contributed by atoms with Gasteiger partial charge in [-0.3, -0.25) is 9.59 Å². The topological polar surface area (TPSA) is 66.4 Å². The Morgan fingerprint density at radius 2 is 2.10 bits per heavy atom. The number of thioether (sulfide) groups is 1. The first kappa shape index (κ1) is 16.5. The van der Waals surface area contributed by atoms with Crippen molar-refractivity contribution in [1.82, 2.24) is 5.32 Å². The lowest BCUT2D eigenvalue weighted by Gasteiger charge is -2.10. The van der Waals surface area contributed by atoms with Gasteiger partial charge in [-0.1, -0.05) is 19.1 Å². The van der Waals surface area contributed by atoms with E-state index in [0.29, 0.717) is 17.2 Å². The smallest absolute Gasteiger partial charge is 0.303 e. The van der Waals surface area contributed by atoms with Crippen LogP contribution in [0.2, 0.25) is 0 Å². The summed E-state index contributed by atoms with van der Waals surface area (Å²) in [5.74, 6) is -0.920. The molecule has 2 N–H and O–H groups in total. The van der Waals surface area contributed by atoms with Gasteiger partial charge in [0.1, 0.15) is 5.82 Å². The van der Waals surface area contributed by atoms with Gasteiger partial charge >= 0.3 is 5.97 Å². The fourth-order valence-corrected chi connectivity index (χ4v) is 2.45. The fourth-order valence-electron chi connectivity index (χ4n) is 1.56. The molecule has 1 amide bonds. The number of rotatable bonds is 8. The SMILES string of the molecule is CC(CNC(=O)CCSc1ccccc1F)CC(=O)O. The van der Waals surface area contributed by atoms with Crippen LogP contribution in [0.15, 0.2) is 29.2 Å². The van der Waals surface area contributed by atoms with Crippen LogP contribution < -0.4 is 5.32 Å². The molecule has 1 unspecified atom stereocenters. The molecule has 0 radical (unpaired) electrons. The molecular weight excluding hydrogens is 281 g/mol. The van der Waals surface area contributed by atoms with E-state index in [1.165, 1.54) is 17.8 Å². The average Bonchev–Trinajstić information content (AvgIpc) is 2.38. The second kappa shape index (κ2) is 8.58. The highest BCUT2D eigenvalue weighted by atomic mass is 32.2. The van der Waals surface area contributed by atoms with Gasteiger partial charge in [0.25, 0.3) is 0 Å². The summed E-state index contributed by atoms with van der Waals surface area (Å²) < 4.78 is 13.3. The van der Waals surface area contributed by atoms with E-state index in [1.54, 1.807) is 25.1 Å². The Balaban J connectivity index is 2.20. The first-order valence-corrected chi connectivity index (χ1v) is 7.33. The van der Waals surface area contributed by atoms with E-state index in [0.717, 1.165) is 0 Å². The largest absolute Gasteiger partial charge is 0.481 e. The van der Waals surface area contributed by atoms with E-state index < -0.39 is 5.97 Å². The highest BCUT2D eigenvalue weighted by Crippen LogP contribution is 2.21. The van der Waals surface area contributed by atoms with E-state index in [1.807, 2.05) is 0 Å². The second-order valence-corrected chi connectivity index (χ2v) is 5.67. The maximum Gasteiger partial charge on any atom is 0.303 e. The Morgan fingerprint density at radius 3 is 2.75 bits per heavy atom. The molecule has 0 aromatic heterocycles. The third-order valence-electron chi connectivity index (χ3n) is 2.59. The molecule has 0 fully saturated rings. The van der Waals surface area contributed by atoms with Gasteiger partial charge < -0.3 is 10.4 Å². The summed E-state index contributed by atoms with van der Waals surface area (Å²) in [6, 6.07) is 6.43. The minimum absolute atomic E-state index is 0.0320. The Labute approximate surface area is 121 Å². The van der Waals surface area contributed by atoms with Crippen molar-refractivity contribution >= 4 is 23.6 Å². The monoisotopic (exact) mass is 299 g/mol. The zero-order valence-electron chi connectivity index (χ0n) is 11.3. The number of carboxylic acids is 1. The van der Waals surface area contributed by atoms with E-state index >= 15 is 0 Å². The van der Waals surface area contributed by atoms with Gasteiger partial charge in [-0.05, 0) is 18.1 Å². The summed E-state index contributed by atoms with van der Waals surface area (Å²) in [5.41, 5.74) is 0. The first-order valence-electron chi connectivity index (χ1n) is 6.35. The number of carbonyl (C=O) groups excluding carboxylic acids is 1. The summed E-state index contributed by atoms with van der Waals surface area (Å²) in [6.07, 6.45) is 0.309. The van der Waals surface area contributed by atoms with Crippen molar-refractivity contribution in [3.63, 3.8) is 0 Å². The van der Waals surface area contributed by atoms with Gasteiger partial charge in [0.2, 0.25) is 5.91 Å². The highest BCUT2D eigenvalue weighted by molar-refractivity contribution is 7.99. The number of benzene rings is 1. The molecule has 0 saturated carbocycles. The number of nitrogens with one attached hydrogen (secondary N) is 1. The minimum atomic E-state index is -0.873. The number of carbonyl (C=O) groups is 2. The van der Waals surface area contributed by atoms with E-state index in [4.69, 9.17) is 5.11 Å². The highest BCUT2D eigenvalue weighted by Gasteiger charge is 2.09. The molecule has 0 aliphatic heterocycles. The lowest BCUT2D eigenvalue weighted by Crippen LogP contribution is -2.29. The Bertz CT molecular complexity index is 467. The Hall–Kier alpha value is -1.56. The molecule has 20 heavy (non-hydrogen) atoms. The number of hydrogen-bond donors (Lipinski definition) is 2. The van der Waals surface area contributed by atoms with Crippen LogP contribution in [-0.2, 0) is 9.59 Å². The van der Waals surface area contributed by atoms with Crippen molar-refractivity contribution in [3.05, 3.63) is 30.1 Å². The quantitative estimate of drug-likeness (QED) is 0.724. The summed E-state index contributed by atoms with van der Waals surface area (Å²) in [5, 5.41) is 11.3. The molecule has 0 aliphatic carbocycles. The van der Waals surface area contributed by atoms with Crippen LogP contribution in [0.3, 0.4) is 0 Å². The predicted octanol–water partition coefficient (Wildman–Crippen LogP) is 2.53. The molecule has 4 nitrogen and oxygen atoms in total. The zero-order chi connectivity index (χ0) is 15.0. The summed E-state index contributed by atoms with van der Waals surface area (Å²) in [7, 11) is 0. The molecule has 0 heterocycles. The van der Waals surface area contributed by atoms with Crippen LogP contribution in [0.5, 0.6) is 0 Å². The Kier molecular flexibility index (Phi) is 7.08. The number of aliphatic carboxylic acids is 1. The molecular formula is C14H18FNO3S. The van der Waals surface area contributed by atoms with Gasteiger partial charge in [-0.15, -0.1) is 11.8 Å². The predicted molar refractivity (Wildman–Crippen MR) is 76.2 cm³/mol. The number of hydrogen-bond acceptors (Lipinski definition) is 3. The van der Waals surface area contributed by atoms with Gasteiger partial charge in [0.15, 0.2) is 0 Å². The fraction of sp³-hybridized carbons (Fsp3) is 0.429. The van der Waals surface area contributed by atoms with Crippen LogP contribution in [0.4, 0.5) is 4.39 Å². The lowest BCUT2D eigenvalue weighted by atomic mass is 10.1. The van der Waals surface area contributed by atoms with Gasteiger partial charge in [0.05, 0.1) is 0 Å². The first-order chi connectivity index (χ1) is 9.49. The van der Waals surface area contributed by atoms with Crippen molar-refractivity contribution in [3.8, 4) is 0 Å². The number of carboxylic acid groups (broad SMARTS) is 1. The van der Waals surface area contributed by atoms with E-state index in [2.05, 4.69) is 5.32 Å².